The van der Waals surface area contributed by atoms with Crippen molar-refractivity contribution < 1.29 is 27.4 Å². The molecule has 2 heterocycles. The van der Waals surface area contributed by atoms with Crippen molar-refractivity contribution in [2.75, 3.05) is 5.32 Å². The van der Waals surface area contributed by atoms with E-state index < -0.39 is 18.0 Å². The molecule has 1 N–H and O–H groups in total. The van der Waals surface area contributed by atoms with Crippen molar-refractivity contribution in [2.45, 2.75) is 6.29 Å². The number of hydrogen-bond acceptors (Lipinski definition) is 5. The number of carbonyl (C=O) groups excluding carboxylic acids is 1. The topological polar surface area (TPSA) is 60.5 Å². The number of fused-ring (bicyclic) bond motifs is 2. The van der Waals surface area contributed by atoms with Crippen molar-refractivity contribution in [1.82, 2.24) is 4.98 Å². The molecule has 1 aromatic heterocycles. The van der Waals surface area contributed by atoms with Crippen LogP contribution in [0.3, 0.4) is 0 Å². The molecule has 2 aromatic carbocycles. The monoisotopic (exact) mass is 352 g/mol. The van der Waals surface area contributed by atoms with E-state index in [9.17, 15) is 18.0 Å². The van der Waals surface area contributed by atoms with Gasteiger partial charge in [0, 0.05) is 5.56 Å². The molecule has 0 saturated heterocycles. The molecule has 1 aliphatic heterocycles. The number of alkyl halides is 2. The Bertz CT molecular complexity index is 974. The minimum absolute atomic E-state index is 0.0977. The number of halogens is 3. The second-order valence-corrected chi connectivity index (χ2v) is 5.94. The third kappa shape index (κ3) is 2.62. The van der Waals surface area contributed by atoms with Crippen LogP contribution in [0.5, 0.6) is 11.5 Å². The smallest absolute Gasteiger partial charge is 0.395 e. The molecule has 0 fully saturated rings. The van der Waals surface area contributed by atoms with E-state index in [1.165, 1.54) is 30.3 Å². The van der Waals surface area contributed by atoms with Gasteiger partial charge in [-0.05, 0) is 36.4 Å². The Hall–Kier alpha value is -2.81. The van der Waals surface area contributed by atoms with Gasteiger partial charge in [0.05, 0.1) is 10.2 Å². The van der Waals surface area contributed by atoms with Crippen LogP contribution >= 0.6 is 11.3 Å². The Kier molecular flexibility index (Phi) is 3.14. The maximum atomic E-state index is 13.2. The van der Waals surface area contributed by atoms with E-state index in [0.29, 0.717) is 10.2 Å². The number of anilines is 1. The number of ether oxygens (including phenoxy) is 2. The number of thiazole rings is 1. The van der Waals surface area contributed by atoms with Crippen LogP contribution in [0, 0.1) is 5.82 Å². The van der Waals surface area contributed by atoms with Gasteiger partial charge in [-0.1, -0.05) is 11.3 Å². The number of amides is 1. The summed E-state index contributed by atoms with van der Waals surface area (Å²) in [4.78, 5) is 16.4. The molecule has 0 radical (unpaired) electrons. The first-order valence-electron chi connectivity index (χ1n) is 6.67. The van der Waals surface area contributed by atoms with E-state index in [1.807, 2.05) is 0 Å². The molecule has 4 rings (SSSR count). The van der Waals surface area contributed by atoms with Crippen LogP contribution in [-0.2, 0) is 0 Å². The summed E-state index contributed by atoms with van der Waals surface area (Å²) in [7, 11) is 0. The highest BCUT2D eigenvalue weighted by Gasteiger charge is 2.43. The third-order valence-corrected chi connectivity index (χ3v) is 4.17. The average molecular weight is 352 g/mol. The van der Waals surface area contributed by atoms with E-state index in [4.69, 9.17) is 0 Å². The van der Waals surface area contributed by atoms with Gasteiger partial charge in [-0.15, -0.1) is 8.78 Å². The average Bonchev–Trinajstić information content (AvgIpc) is 3.03. The van der Waals surface area contributed by atoms with E-state index in [-0.39, 0.29) is 22.2 Å². The second kappa shape index (κ2) is 5.10. The van der Waals surface area contributed by atoms with Crippen molar-refractivity contribution in [3.63, 3.8) is 0 Å². The Labute approximate surface area is 136 Å². The van der Waals surface area contributed by atoms with Crippen molar-refractivity contribution in [3.05, 3.63) is 47.8 Å². The summed E-state index contributed by atoms with van der Waals surface area (Å²) in [6, 6.07) is 7.78. The fourth-order valence-corrected chi connectivity index (χ4v) is 3.10. The van der Waals surface area contributed by atoms with Crippen molar-refractivity contribution in [2.24, 2.45) is 0 Å². The van der Waals surface area contributed by atoms with Crippen LogP contribution in [0.2, 0.25) is 0 Å². The number of benzene rings is 2. The molecular formula is C15H7F3N2O3S. The molecule has 1 aliphatic rings. The summed E-state index contributed by atoms with van der Waals surface area (Å²) in [5.74, 6) is -1.33. The molecule has 122 valence electrons. The Morgan fingerprint density at radius 3 is 2.75 bits per heavy atom. The lowest BCUT2D eigenvalue weighted by molar-refractivity contribution is -0.286. The molecule has 24 heavy (non-hydrogen) atoms. The minimum Gasteiger partial charge on any atom is -0.395 e. The van der Waals surface area contributed by atoms with Crippen LogP contribution in [0.15, 0.2) is 36.4 Å². The van der Waals surface area contributed by atoms with Gasteiger partial charge in [-0.25, -0.2) is 9.37 Å². The molecule has 3 aromatic rings. The van der Waals surface area contributed by atoms with Gasteiger partial charge in [0.25, 0.3) is 5.91 Å². The highest BCUT2D eigenvalue weighted by molar-refractivity contribution is 7.22. The zero-order valence-corrected chi connectivity index (χ0v) is 12.5. The van der Waals surface area contributed by atoms with Crippen molar-refractivity contribution >= 4 is 32.6 Å². The van der Waals surface area contributed by atoms with E-state index in [1.54, 1.807) is 0 Å². The van der Waals surface area contributed by atoms with Gasteiger partial charge in [-0.2, -0.15) is 0 Å². The zero-order chi connectivity index (χ0) is 16.9. The van der Waals surface area contributed by atoms with Crippen LogP contribution in [0.25, 0.3) is 10.2 Å². The zero-order valence-electron chi connectivity index (χ0n) is 11.7. The fraction of sp³-hybridized carbons (Fsp3) is 0.0667. The normalized spacial score (nSPS) is 14.8. The molecule has 9 heteroatoms. The van der Waals surface area contributed by atoms with Gasteiger partial charge < -0.3 is 9.47 Å². The number of rotatable bonds is 2. The summed E-state index contributed by atoms with van der Waals surface area (Å²) in [6.07, 6.45) is -3.74. The number of aromatic nitrogens is 1. The van der Waals surface area contributed by atoms with E-state index >= 15 is 0 Å². The third-order valence-electron chi connectivity index (χ3n) is 3.23. The highest BCUT2D eigenvalue weighted by Crippen LogP contribution is 2.41. The number of hydrogen-bond donors (Lipinski definition) is 1. The van der Waals surface area contributed by atoms with Gasteiger partial charge in [0.1, 0.15) is 5.82 Å². The number of carbonyl (C=O) groups is 1. The SMILES string of the molecule is O=C(Nc1nc2ccc(F)cc2s1)c1ccc2c(c1)OC(F)(F)O2. The van der Waals surface area contributed by atoms with Gasteiger partial charge in [-0.3, -0.25) is 10.1 Å². The lowest BCUT2D eigenvalue weighted by Crippen LogP contribution is -2.25. The summed E-state index contributed by atoms with van der Waals surface area (Å²) in [6.45, 7) is 0. The summed E-state index contributed by atoms with van der Waals surface area (Å²) < 4.78 is 48.3. The second-order valence-electron chi connectivity index (χ2n) is 4.91. The van der Waals surface area contributed by atoms with Gasteiger partial charge in [0.2, 0.25) is 0 Å². The van der Waals surface area contributed by atoms with Gasteiger partial charge in [0.15, 0.2) is 16.6 Å². The van der Waals surface area contributed by atoms with Gasteiger partial charge >= 0.3 is 6.29 Å². The van der Waals surface area contributed by atoms with E-state index in [2.05, 4.69) is 19.8 Å². The fourth-order valence-electron chi connectivity index (χ4n) is 2.21. The summed E-state index contributed by atoms with van der Waals surface area (Å²) in [5.41, 5.74) is 0.641. The molecule has 0 unspecified atom stereocenters. The van der Waals surface area contributed by atoms with Crippen molar-refractivity contribution in [3.8, 4) is 11.5 Å². The molecule has 0 aliphatic carbocycles. The quantitative estimate of drug-likeness (QED) is 0.757. The van der Waals surface area contributed by atoms with Crippen LogP contribution < -0.4 is 14.8 Å². The highest BCUT2D eigenvalue weighted by atomic mass is 32.1. The molecular weight excluding hydrogens is 345 g/mol. The van der Waals surface area contributed by atoms with E-state index in [0.717, 1.165) is 17.4 Å². The van der Waals surface area contributed by atoms with Crippen molar-refractivity contribution in [1.29, 1.82) is 0 Å². The Morgan fingerprint density at radius 2 is 1.92 bits per heavy atom. The molecule has 0 bridgehead atoms. The Morgan fingerprint density at radius 1 is 1.12 bits per heavy atom. The minimum atomic E-state index is -3.74. The maximum Gasteiger partial charge on any atom is 0.586 e. The molecule has 0 atom stereocenters. The first-order valence-corrected chi connectivity index (χ1v) is 7.49. The standard InChI is InChI=1S/C15H7F3N2O3S/c16-8-2-3-9-12(6-8)24-14(19-9)20-13(21)7-1-4-10-11(5-7)23-15(17,18)22-10/h1-6H,(H,19,20,21). The first kappa shape index (κ1) is 14.8. The lowest BCUT2D eigenvalue weighted by atomic mass is 10.2. The molecule has 1 amide bonds. The number of nitrogens with one attached hydrogen (secondary N) is 1. The van der Waals surface area contributed by atoms with Crippen LogP contribution in [-0.4, -0.2) is 17.2 Å². The van der Waals surface area contributed by atoms with Crippen LogP contribution in [0.1, 0.15) is 10.4 Å². The molecule has 5 nitrogen and oxygen atoms in total. The van der Waals surface area contributed by atoms with Crippen LogP contribution in [0.4, 0.5) is 18.3 Å². The summed E-state index contributed by atoms with van der Waals surface area (Å²) in [5, 5.41) is 2.81. The predicted molar refractivity (Wildman–Crippen MR) is 80.2 cm³/mol. The predicted octanol–water partition coefficient (Wildman–Crippen LogP) is 4.01. The number of nitrogens with zero attached hydrogens (tertiary/aromatic N) is 1. The first-order chi connectivity index (χ1) is 11.4. The maximum absolute atomic E-state index is 13.2. The molecule has 0 spiro atoms. The molecule has 0 saturated carbocycles. The summed E-state index contributed by atoms with van der Waals surface area (Å²) >= 11 is 1.10. The Balaban J connectivity index is 1.58. The largest absolute Gasteiger partial charge is 0.586 e. The lowest BCUT2D eigenvalue weighted by Gasteiger charge is -2.04.